The van der Waals surface area contributed by atoms with Gasteiger partial charge in [-0.15, -0.1) is 0 Å². The standard InChI is InChI=1S/C13H18ClNO3S.C13H19N5O3S.C13H19NO4S/c1-3-9-15(10-4-2)19(17,18)12-7-5-11(6-8-12)13(14)16;1-3-9-17(10-4-2)22(20,21)12-7-5-11(6-8-12)18-13(19)14-15-16-18;1-3-9-14(10-4-2)19(17,18)12-7-5-11(6-8-12)13(15)16/h5-8H,3-4,9-10H2,1-2H3;5-8H,3-4,9-10H2,1-2H3,(H,14,16,19);5-8H,3-4,9-10H2,1-2H3,(H,15,16). The molecule has 0 saturated carbocycles. The minimum atomic E-state index is -3.53. The van der Waals surface area contributed by atoms with Gasteiger partial charge in [0, 0.05) is 44.8 Å². The zero-order valence-corrected chi connectivity index (χ0v) is 38.0. The van der Waals surface area contributed by atoms with Crippen LogP contribution in [0.2, 0.25) is 0 Å². The van der Waals surface area contributed by atoms with Crippen molar-refractivity contribution in [2.75, 3.05) is 39.3 Å². The number of tetrazole rings is 1. The van der Waals surface area contributed by atoms with Crippen LogP contribution >= 0.6 is 11.6 Å². The Labute approximate surface area is 358 Å². The second kappa shape index (κ2) is 24.8. The van der Waals surface area contributed by atoms with E-state index >= 15 is 0 Å². The lowest BCUT2D eigenvalue weighted by Crippen LogP contribution is -2.32. The molecule has 0 aliphatic heterocycles. The number of carboxylic acids is 1. The first-order valence-corrected chi connectivity index (χ1v) is 24.3. The highest BCUT2D eigenvalue weighted by atomic mass is 35.5. The van der Waals surface area contributed by atoms with Crippen molar-refractivity contribution in [1.29, 1.82) is 0 Å². The lowest BCUT2D eigenvalue weighted by atomic mass is 10.2. The van der Waals surface area contributed by atoms with E-state index in [1.54, 1.807) is 0 Å². The molecular formula is C39H56ClN7O10S3. The zero-order chi connectivity index (χ0) is 45.1. The number of hydrogen-bond donors (Lipinski definition) is 2. The van der Waals surface area contributed by atoms with Crippen LogP contribution < -0.4 is 5.69 Å². The fourth-order valence-electron chi connectivity index (χ4n) is 5.65. The average Bonchev–Trinajstić information content (AvgIpc) is 3.66. The van der Waals surface area contributed by atoms with Crippen LogP contribution in [-0.4, -0.2) is 114 Å². The minimum Gasteiger partial charge on any atom is -0.478 e. The number of aromatic nitrogens is 4. The number of rotatable bonds is 21. The van der Waals surface area contributed by atoms with E-state index < -0.39 is 47.0 Å². The number of aromatic amines is 1. The number of sulfonamides is 3. The van der Waals surface area contributed by atoms with Crippen molar-refractivity contribution >= 4 is 52.9 Å². The van der Waals surface area contributed by atoms with Gasteiger partial charge in [0.2, 0.25) is 30.1 Å². The Morgan fingerprint density at radius 2 is 0.867 bits per heavy atom. The van der Waals surface area contributed by atoms with Gasteiger partial charge in [0.1, 0.15) is 0 Å². The molecule has 0 spiro atoms. The van der Waals surface area contributed by atoms with Gasteiger partial charge in [-0.2, -0.15) is 17.6 Å². The van der Waals surface area contributed by atoms with Crippen molar-refractivity contribution in [2.24, 2.45) is 0 Å². The van der Waals surface area contributed by atoms with Crippen molar-refractivity contribution in [3.63, 3.8) is 0 Å². The van der Waals surface area contributed by atoms with Crippen LogP contribution in [0.15, 0.2) is 92.3 Å². The van der Waals surface area contributed by atoms with Crippen molar-refractivity contribution < 1.29 is 39.9 Å². The van der Waals surface area contributed by atoms with Gasteiger partial charge >= 0.3 is 11.7 Å². The molecule has 4 rings (SSSR count). The van der Waals surface area contributed by atoms with Crippen LogP contribution in [0.3, 0.4) is 0 Å². The quantitative estimate of drug-likeness (QED) is 0.0940. The van der Waals surface area contributed by atoms with Crippen LogP contribution in [0.4, 0.5) is 0 Å². The summed E-state index contributed by atoms with van der Waals surface area (Å²) < 4.78 is 80.2. The van der Waals surface area contributed by atoms with Gasteiger partial charge in [-0.1, -0.05) is 41.5 Å². The number of carbonyl (C=O) groups is 2. The summed E-state index contributed by atoms with van der Waals surface area (Å²) in [5.41, 5.74) is 0.346. The Bertz CT molecular complexity index is 2220. The van der Waals surface area contributed by atoms with E-state index in [9.17, 15) is 39.6 Å². The number of aromatic carboxylic acids is 1. The highest BCUT2D eigenvalue weighted by Gasteiger charge is 2.25. The molecule has 17 nitrogen and oxygen atoms in total. The molecule has 0 saturated heterocycles. The number of carbonyl (C=O) groups excluding carboxylic acids is 1. The molecule has 60 heavy (non-hydrogen) atoms. The number of nitrogens with one attached hydrogen (secondary N) is 1. The van der Waals surface area contributed by atoms with Crippen LogP contribution in [0.25, 0.3) is 5.69 Å². The van der Waals surface area contributed by atoms with Crippen molar-refractivity contribution in [3.05, 3.63) is 94.4 Å². The largest absolute Gasteiger partial charge is 0.478 e. The maximum atomic E-state index is 12.6. The number of nitrogens with zero attached hydrogens (tertiary/aromatic N) is 6. The van der Waals surface area contributed by atoms with Crippen LogP contribution in [0.1, 0.15) is 101 Å². The van der Waals surface area contributed by atoms with E-state index in [-0.39, 0.29) is 25.8 Å². The molecule has 332 valence electrons. The molecular weight excluding hydrogens is 858 g/mol. The van der Waals surface area contributed by atoms with Crippen molar-refractivity contribution in [3.8, 4) is 5.69 Å². The smallest absolute Gasteiger partial charge is 0.365 e. The normalized spacial score (nSPS) is 11.8. The maximum absolute atomic E-state index is 12.6. The fraction of sp³-hybridized carbons (Fsp3) is 0.462. The predicted molar refractivity (Wildman–Crippen MR) is 230 cm³/mol. The Balaban J connectivity index is 0.000000312. The average molecular weight is 915 g/mol. The van der Waals surface area contributed by atoms with Crippen LogP contribution in [-0.2, 0) is 30.1 Å². The van der Waals surface area contributed by atoms with Gasteiger partial charge in [0.25, 0.3) is 5.24 Å². The molecule has 4 aromatic rings. The summed E-state index contributed by atoms with van der Waals surface area (Å²) in [5, 5.41) is 17.4. The molecule has 0 aliphatic rings. The molecule has 0 aliphatic carbocycles. The first kappa shape index (κ1) is 51.8. The van der Waals surface area contributed by atoms with E-state index in [1.807, 2.05) is 41.5 Å². The van der Waals surface area contributed by atoms with Gasteiger partial charge < -0.3 is 5.11 Å². The molecule has 21 heteroatoms. The van der Waals surface area contributed by atoms with E-state index in [0.717, 1.165) is 43.2 Å². The molecule has 0 fully saturated rings. The third-order valence-electron chi connectivity index (χ3n) is 8.49. The van der Waals surface area contributed by atoms with Gasteiger partial charge in [0.15, 0.2) is 0 Å². The number of halogens is 1. The van der Waals surface area contributed by atoms with Crippen LogP contribution in [0, 0.1) is 0 Å². The highest BCUT2D eigenvalue weighted by molar-refractivity contribution is 7.89. The van der Waals surface area contributed by atoms with Gasteiger partial charge in [-0.25, -0.2) is 39.9 Å². The van der Waals surface area contributed by atoms with Crippen molar-refractivity contribution in [1.82, 2.24) is 33.1 Å². The lowest BCUT2D eigenvalue weighted by Gasteiger charge is -2.21. The molecule has 1 heterocycles. The summed E-state index contributed by atoms with van der Waals surface area (Å²) in [5.74, 6) is -1.07. The highest BCUT2D eigenvalue weighted by Crippen LogP contribution is 2.20. The molecule has 0 bridgehead atoms. The van der Waals surface area contributed by atoms with Gasteiger partial charge in [-0.3, -0.25) is 4.79 Å². The fourth-order valence-corrected chi connectivity index (χ4v) is 10.7. The molecule has 2 N–H and O–H groups in total. The third kappa shape index (κ3) is 14.4. The van der Waals surface area contributed by atoms with Gasteiger partial charge in [-0.05, 0) is 133 Å². The van der Waals surface area contributed by atoms with E-state index in [4.69, 9.17) is 16.7 Å². The minimum absolute atomic E-state index is 0.0801. The second-order valence-corrected chi connectivity index (χ2v) is 19.4. The van der Waals surface area contributed by atoms with Crippen molar-refractivity contribution in [2.45, 2.75) is 94.8 Å². The van der Waals surface area contributed by atoms with E-state index in [2.05, 4.69) is 15.5 Å². The Hall–Kier alpha value is -4.31. The lowest BCUT2D eigenvalue weighted by molar-refractivity contribution is 0.0696. The van der Waals surface area contributed by atoms with Gasteiger partial charge in [0.05, 0.1) is 25.9 Å². The number of hydrogen-bond acceptors (Lipinski definition) is 11. The summed E-state index contributed by atoms with van der Waals surface area (Å²) in [6.07, 6.45) is 4.52. The molecule has 1 aromatic heterocycles. The first-order chi connectivity index (χ1) is 28.4. The Morgan fingerprint density at radius 3 is 1.12 bits per heavy atom. The predicted octanol–water partition coefficient (Wildman–Crippen LogP) is 5.84. The second-order valence-electron chi connectivity index (χ2n) is 13.3. The first-order valence-electron chi connectivity index (χ1n) is 19.6. The topological polar surface area (TPSA) is 230 Å². The molecule has 0 radical (unpaired) electrons. The summed E-state index contributed by atoms with van der Waals surface area (Å²) in [7, 11) is -10.5. The summed E-state index contributed by atoms with van der Waals surface area (Å²) >= 11 is 5.33. The molecule has 3 aromatic carbocycles. The Morgan fingerprint density at radius 1 is 0.567 bits per heavy atom. The Kier molecular flexibility index (Phi) is 21.4. The number of carboxylic acid groups (broad SMARTS) is 1. The third-order valence-corrected chi connectivity index (χ3v) is 14.4. The number of benzene rings is 3. The molecule has 0 atom stereocenters. The summed E-state index contributed by atoms with van der Waals surface area (Å²) in [6.45, 7) is 14.5. The maximum Gasteiger partial charge on any atom is 0.365 e. The van der Waals surface area contributed by atoms with E-state index in [0.29, 0.717) is 45.0 Å². The summed E-state index contributed by atoms with van der Waals surface area (Å²) in [4.78, 5) is 33.7. The number of H-pyrrole nitrogens is 1. The van der Waals surface area contributed by atoms with E-state index in [1.165, 1.54) is 85.7 Å². The molecule has 0 unspecified atom stereocenters. The SMILES string of the molecule is CCCN(CCC)S(=O)(=O)c1ccc(-n2nn[nH]c2=O)cc1.CCCN(CCC)S(=O)(=O)c1ccc(C(=O)Cl)cc1.CCCN(CCC)S(=O)(=O)c1ccc(C(=O)O)cc1. The molecule has 0 amide bonds. The summed E-state index contributed by atoms with van der Waals surface area (Å²) in [6, 6.07) is 17.0. The zero-order valence-electron chi connectivity index (χ0n) is 34.8. The monoisotopic (exact) mass is 913 g/mol. The van der Waals surface area contributed by atoms with Crippen LogP contribution in [0.5, 0.6) is 0 Å².